The van der Waals surface area contributed by atoms with E-state index in [1.165, 1.54) is 18.9 Å². The van der Waals surface area contributed by atoms with Crippen LogP contribution in [-0.4, -0.2) is 43.5 Å². The zero-order valence-electron chi connectivity index (χ0n) is 16.8. The van der Waals surface area contributed by atoms with Crippen molar-refractivity contribution in [2.45, 2.75) is 44.7 Å². The molecule has 1 saturated carbocycles. The van der Waals surface area contributed by atoms with Gasteiger partial charge in [-0.3, -0.25) is 4.68 Å². The SMILES string of the molecule is Cn1nc(-c2nnc(-c3ccccc3F)o2)c2c1CCN(C(=O)NC1CCCC1)C2. The van der Waals surface area contributed by atoms with Crippen LogP contribution in [0.25, 0.3) is 23.0 Å². The minimum Gasteiger partial charge on any atom is -0.414 e. The molecule has 1 N–H and O–H groups in total. The van der Waals surface area contributed by atoms with Crippen LogP contribution in [0.1, 0.15) is 36.9 Å². The summed E-state index contributed by atoms with van der Waals surface area (Å²) >= 11 is 0. The summed E-state index contributed by atoms with van der Waals surface area (Å²) < 4.78 is 21.6. The lowest BCUT2D eigenvalue weighted by atomic mass is 10.1. The van der Waals surface area contributed by atoms with Crippen molar-refractivity contribution in [1.82, 2.24) is 30.2 Å². The number of benzene rings is 1. The Balaban J connectivity index is 1.41. The lowest BCUT2D eigenvalue weighted by Gasteiger charge is -2.29. The van der Waals surface area contributed by atoms with Crippen LogP contribution < -0.4 is 5.32 Å². The Hall–Kier alpha value is -3.23. The highest BCUT2D eigenvalue weighted by Gasteiger charge is 2.30. The molecule has 1 aliphatic carbocycles. The summed E-state index contributed by atoms with van der Waals surface area (Å²) in [6.07, 6.45) is 5.13. The third-order valence-corrected chi connectivity index (χ3v) is 5.94. The average Bonchev–Trinajstić information content (AvgIpc) is 3.49. The Bertz CT molecular complexity index is 1090. The fourth-order valence-corrected chi connectivity index (χ4v) is 4.34. The molecule has 156 valence electrons. The van der Waals surface area contributed by atoms with Gasteiger partial charge >= 0.3 is 6.03 Å². The molecule has 2 aromatic heterocycles. The second kappa shape index (κ2) is 7.55. The maximum atomic E-state index is 14.1. The molecule has 1 fully saturated rings. The molecule has 1 aliphatic heterocycles. The molecule has 0 radical (unpaired) electrons. The Morgan fingerprint density at radius 2 is 1.97 bits per heavy atom. The lowest BCUT2D eigenvalue weighted by Crippen LogP contribution is -2.46. The first kappa shape index (κ1) is 18.8. The van der Waals surface area contributed by atoms with Crippen molar-refractivity contribution in [3.05, 3.63) is 41.3 Å². The summed E-state index contributed by atoms with van der Waals surface area (Å²) in [4.78, 5) is 14.5. The molecule has 0 bridgehead atoms. The van der Waals surface area contributed by atoms with Crippen LogP contribution in [0.2, 0.25) is 0 Å². The number of carbonyl (C=O) groups excluding carboxylic acids is 1. The Labute approximate surface area is 173 Å². The van der Waals surface area contributed by atoms with Crippen LogP contribution in [0.5, 0.6) is 0 Å². The fourth-order valence-electron chi connectivity index (χ4n) is 4.34. The van der Waals surface area contributed by atoms with Crippen molar-refractivity contribution in [3.8, 4) is 23.0 Å². The average molecular weight is 410 g/mol. The van der Waals surface area contributed by atoms with E-state index in [-0.39, 0.29) is 29.4 Å². The summed E-state index contributed by atoms with van der Waals surface area (Å²) in [6.45, 7) is 1.06. The highest BCUT2D eigenvalue weighted by Crippen LogP contribution is 2.31. The smallest absolute Gasteiger partial charge is 0.317 e. The standard InChI is InChI=1S/C21H23FN6O2/c1-27-17-10-11-28(21(29)23-13-6-2-3-7-13)12-15(17)18(26-27)20-25-24-19(30-20)14-8-4-5-9-16(14)22/h4-5,8-9,13H,2-3,6-7,10-12H2,1H3,(H,23,29). The molecule has 5 rings (SSSR count). The van der Waals surface area contributed by atoms with E-state index in [9.17, 15) is 9.18 Å². The fraction of sp³-hybridized carbons (Fsp3) is 0.429. The first-order valence-electron chi connectivity index (χ1n) is 10.3. The molecule has 0 atom stereocenters. The Kier molecular flexibility index (Phi) is 4.72. The third kappa shape index (κ3) is 3.34. The van der Waals surface area contributed by atoms with Gasteiger partial charge in [0.2, 0.25) is 0 Å². The van der Waals surface area contributed by atoms with Crippen molar-refractivity contribution < 1.29 is 13.6 Å². The molecule has 0 spiro atoms. The molecule has 2 aliphatic rings. The number of rotatable bonds is 3. The van der Waals surface area contributed by atoms with E-state index in [4.69, 9.17) is 4.42 Å². The zero-order valence-corrected chi connectivity index (χ0v) is 16.8. The largest absolute Gasteiger partial charge is 0.414 e. The second-order valence-electron chi connectivity index (χ2n) is 7.89. The summed E-state index contributed by atoms with van der Waals surface area (Å²) in [7, 11) is 1.87. The van der Waals surface area contributed by atoms with Crippen molar-refractivity contribution in [2.75, 3.05) is 6.54 Å². The number of urea groups is 1. The minimum atomic E-state index is -0.425. The number of aryl methyl sites for hydroxylation is 1. The van der Waals surface area contributed by atoms with Crippen LogP contribution in [0.3, 0.4) is 0 Å². The zero-order chi connectivity index (χ0) is 20.7. The van der Waals surface area contributed by atoms with E-state index in [2.05, 4.69) is 20.6 Å². The van der Waals surface area contributed by atoms with E-state index < -0.39 is 5.82 Å². The highest BCUT2D eigenvalue weighted by atomic mass is 19.1. The third-order valence-electron chi connectivity index (χ3n) is 5.94. The molecular formula is C21H23FN6O2. The van der Waals surface area contributed by atoms with E-state index >= 15 is 0 Å². The summed E-state index contributed by atoms with van der Waals surface area (Å²) in [6, 6.07) is 6.49. The number of nitrogens with one attached hydrogen (secondary N) is 1. The van der Waals surface area contributed by atoms with Gasteiger partial charge in [-0.15, -0.1) is 10.2 Å². The molecule has 2 amide bonds. The molecule has 8 nitrogen and oxygen atoms in total. The molecule has 3 aromatic rings. The lowest BCUT2D eigenvalue weighted by molar-refractivity contribution is 0.188. The molecule has 30 heavy (non-hydrogen) atoms. The second-order valence-corrected chi connectivity index (χ2v) is 7.89. The summed E-state index contributed by atoms with van der Waals surface area (Å²) in [5, 5.41) is 15.8. The first-order chi connectivity index (χ1) is 14.6. The molecule has 9 heteroatoms. The molecule has 3 heterocycles. The molecular weight excluding hydrogens is 387 g/mol. The quantitative estimate of drug-likeness (QED) is 0.716. The monoisotopic (exact) mass is 410 g/mol. The maximum absolute atomic E-state index is 14.1. The summed E-state index contributed by atoms with van der Waals surface area (Å²) in [5.74, 6) is -0.0946. The van der Waals surface area contributed by atoms with Crippen LogP contribution in [0.15, 0.2) is 28.7 Å². The molecule has 0 saturated heterocycles. The van der Waals surface area contributed by atoms with E-state index in [1.54, 1.807) is 27.8 Å². The summed E-state index contributed by atoms with van der Waals surface area (Å²) in [5.41, 5.74) is 2.73. The van der Waals surface area contributed by atoms with Crippen molar-refractivity contribution >= 4 is 6.03 Å². The van der Waals surface area contributed by atoms with Gasteiger partial charge in [-0.05, 0) is 25.0 Å². The van der Waals surface area contributed by atoms with Crippen molar-refractivity contribution in [2.24, 2.45) is 7.05 Å². The van der Waals surface area contributed by atoms with Gasteiger partial charge < -0.3 is 14.6 Å². The Morgan fingerprint density at radius 1 is 1.20 bits per heavy atom. The number of fused-ring (bicyclic) bond motifs is 1. The topological polar surface area (TPSA) is 89.1 Å². The number of amides is 2. The van der Waals surface area contributed by atoms with Gasteiger partial charge in [-0.2, -0.15) is 5.10 Å². The predicted octanol–water partition coefficient (Wildman–Crippen LogP) is 3.29. The van der Waals surface area contributed by atoms with Crippen LogP contribution in [0.4, 0.5) is 9.18 Å². The molecule has 0 unspecified atom stereocenters. The Morgan fingerprint density at radius 3 is 2.77 bits per heavy atom. The first-order valence-corrected chi connectivity index (χ1v) is 10.3. The maximum Gasteiger partial charge on any atom is 0.317 e. The van der Waals surface area contributed by atoms with Crippen LogP contribution in [-0.2, 0) is 20.0 Å². The van der Waals surface area contributed by atoms with Gasteiger partial charge in [-0.1, -0.05) is 25.0 Å². The van der Waals surface area contributed by atoms with Gasteiger partial charge in [0.05, 0.1) is 12.1 Å². The van der Waals surface area contributed by atoms with E-state index in [0.29, 0.717) is 25.2 Å². The number of carbonyl (C=O) groups is 1. The van der Waals surface area contributed by atoms with Gasteiger partial charge in [0.25, 0.3) is 11.8 Å². The minimum absolute atomic E-state index is 0.0417. The number of nitrogens with zero attached hydrogens (tertiary/aromatic N) is 5. The van der Waals surface area contributed by atoms with Gasteiger partial charge in [0, 0.05) is 37.3 Å². The molecule has 1 aromatic carbocycles. The van der Waals surface area contributed by atoms with E-state index in [1.807, 2.05) is 7.05 Å². The number of hydrogen-bond donors (Lipinski definition) is 1. The van der Waals surface area contributed by atoms with Gasteiger partial charge in [0.15, 0.2) is 5.69 Å². The number of hydrogen-bond acceptors (Lipinski definition) is 5. The van der Waals surface area contributed by atoms with Crippen molar-refractivity contribution in [1.29, 1.82) is 0 Å². The van der Waals surface area contributed by atoms with Crippen LogP contribution >= 0.6 is 0 Å². The number of aromatic nitrogens is 4. The predicted molar refractivity (Wildman–Crippen MR) is 107 cm³/mol. The normalized spacial score (nSPS) is 16.7. The van der Waals surface area contributed by atoms with Gasteiger partial charge in [-0.25, -0.2) is 9.18 Å². The highest BCUT2D eigenvalue weighted by molar-refractivity contribution is 5.75. The van der Waals surface area contributed by atoms with Gasteiger partial charge in [0.1, 0.15) is 5.82 Å². The van der Waals surface area contributed by atoms with Crippen LogP contribution in [0, 0.1) is 5.82 Å². The van der Waals surface area contributed by atoms with Crippen molar-refractivity contribution in [3.63, 3.8) is 0 Å². The van der Waals surface area contributed by atoms with E-state index in [0.717, 1.165) is 24.1 Å². The number of halogens is 1.